The van der Waals surface area contributed by atoms with Gasteiger partial charge in [0.2, 0.25) is 0 Å². The summed E-state index contributed by atoms with van der Waals surface area (Å²) in [4.78, 5) is 16.1. The van der Waals surface area contributed by atoms with Crippen molar-refractivity contribution in [3.8, 4) is 0 Å². The van der Waals surface area contributed by atoms with E-state index in [0.717, 1.165) is 5.69 Å². The molecule has 2 unspecified atom stereocenters. The number of nitrogens with zero attached hydrogens (tertiary/aromatic N) is 1. The predicted octanol–water partition coefficient (Wildman–Crippen LogP) is 1.44. The molecule has 0 spiro atoms. The van der Waals surface area contributed by atoms with Crippen LogP contribution in [0.2, 0.25) is 0 Å². The van der Waals surface area contributed by atoms with E-state index in [-0.39, 0.29) is 18.1 Å². The molecular formula is C13H16N2O2. The first-order valence-corrected chi connectivity index (χ1v) is 6.17. The minimum Gasteiger partial charge on any atom is -0.363 e. The first-order chi connectivity index (χ1) is 8.34. The molecule has 1 aromatic rings. The highest BCUT2D eigenvalue weighted by Crippen LogP contribution is 2.37. The molecule has 1 saturated carbocycles. The standard InChI is InChI=1S/C13H16N2O2/c16-13(11-8-17-11)15-12(9-4-3-5-9)10-6-1-2-7-14-10/h1-2,6-7,9,11-12H,3-5,8H2,(H,15,16). The molecule has 1 saturated heterocycles. The zero-order chi connectivity index (χ0) is 11.7. The summed E-state index contributed by atoms with van der Waals surface area (Å²) in [6.07, 6.45) is 5.16. The molecule has 0 radical (unpaired) electrons. The van der Waals surface area contributed by atoms with Crippen molar-refractivity contribution in [3.05, 3.63) is 30.1 Å². The van der Waals surface area contributed by atoms with Crippen molar-refractivity contribution in [3.63, 3.8) is 0 Å². The van der Waals surface area contributed by atoms with Gasteiger partial charge in [-0.3, -0.25) is 9.78 Å². The molecule has 90 valence electrons. The van der Waals surface area contributed by atoms with Crippen LogP contribution in [0.1, 0.15) is 31.0 Å². The largest absolute Gasteiger partial charge is 0.363 e. The number of carbonyl (C=O) groups is 1. The molecular weight excluding hydrogens is 216 g/mol. The maximum absolute atomic E-state index is 11.8. The highest BCUT2D eigenvalue weighted by Gasteiger charge is 2.36. The first-order valence-electron chi connectivity index (χ1n) is 6.17. The van der Waals surface area contributed by atoms with E-state index in [4.69, 9.17) is 4.74 Å². The lowest BCUT2D eigenvalue weighted by molar-refractivity contribution is -0.123. The third-order valence-electron chi connectivity index (χ3n) is 3.55. The van der Waals surface area contributed by atoms with E-state index in [2.05, 4.69) is 10.3 Å². The van der Waals surface area contributed by atoms with Crippen LogP contribution >= 0.6 is 0 Å². The molecule has 2 fully saturated rings. The third-order valence-corrected chi connectivity index (χ3v) is 3.55. The number of amides is 1. The molecule has 4 nitrogen and oxygen atoms in total. The minimum absolute atomic E-state index is 0.00699. The lowest BCUT2D eigenvalue weighted by Gasteiger charge is -2.33. The van der Waals surface area contributed by atoms with E-state index in [1.165, 1.54) is 19.3 Å². The number of rotatable bonds is 4. The monoisotopic (exact) mass is 232 g/mol. The lowest BCUT2D eigenvalue weighted by atomic mass is 9.78. The Bertz CT molecular complexity index is 399. The number of ether oxygens (including phenoxy) is 1. The fourth-order valence-corrected chi connectivity index (χ4v) is 2.21. The fourth-order valence-electron chi connectivity index (χ4n) is 2.21. The molecule has 2 heterocycles. The van der Waals surface area contributed by atoms with Crippen LogP contribution in [-0.2, 0) is 9.53 Å². The van der Waals surface area contributed by atoms with Crippen LogP contribution in [-0.4, -0.2) is 23.6 Å². The van der Waals surface area contributed by atoms with Gasteiger partial charge in [-0.1, -0.05) is 12.5 Å². The van der Waals surface area contributed by atoms with Gasteiger partial charge in [-0.2, -0.15) is 0 Å². The van der Waals surface area contributed by atoms with Crippen LogP contribution in [0.4, 0.5) is 0 Å². The molecule has 1 amide bonds. The summed E-state index contributed by atoms with van der Waals surface area (Å²) in [5, 5.41) is 3.07. The number of hydrogen-bond acceptors (Lipinski definition) is 3. The van der Waals surface area contributed by atoms with Gasteiger partial charge in [0.1, 0.15) is 0 Å². The van der Waals surface area contributed by atoms with Crippen molar-refractivity contribution in [2.45, 2.75) is 31.4 Å². The Morgan fingerprint density at radius 1 is 1.47 bits per heavy atom. The van der Waals surface area contributed by atoms with E-state index in [9.17, 15) is 4.79 Å². The first kappa shape index (κ1) is 10.7. The van der Waals surface area contributed by atoms with E-state index < -0.39 is 0 Å². The van der Waals surface area contributed by atoms with E-state index >= 15 is 0 Å². The Balaban J connectivity index is 1.74. The molecule has 2 atom stereocenters. The molecule has 1 N–H and O–H groups in total. The quantitative estimate of drug-likeness (QED) is 0.799. The molecule has 17 heavy (non-hydrogen) atoms. The Morgan fingerprint density at radius 3 is 2.82 bits per heavy atom. The molecule has 1 aromatic heterocycles. The highest BCUT2D eigenvalue weighted by atomic mass is 16.6. The second-order valence-corrected chi connectivity index (χ2v) is 4.75. The van der Waals surface area contributed by atoms with Crippen molar-refractivity contribution in [2.24, 2.45) is 5.92 Å². The summed E-state index contributed by atoms with van der Waals surface area (Å²) in [6, 6.07) is 5.90. The van der Waals surface area contributed by atoms with Crippen molar-refractivity contribution in [1.82, 2.24) is 10.3 Å². The number of pyridine rings is 1. The van der Waals surface area contributed by atoms with E-state index in [0.29, 0.717) is 12.5 Å². The summed E-state index contributed by atoms with van der Waals surface area (Å²) in [7, 11) is 0. The molecule has 3 rings (SSSR count). The molecule has 2 aliphatic rings. The average Bonchev–Trinajstić information content (AvgIpc) is 3.10. The van der Waals surface area contributed by atoms with E-state index in [1.807, 2.05) is 18.2 Å². The second kappa shape index (κ2) is 4.45. The zero-order valence-corrected chi connectivity index (χ0v) is 9.63. The van der Waals surface area contributed by atoms with Crippen molar-refractivity contribution in [1.29, 1.82) is 0 Å². The van der Waals surface area contributed by atoms with Crippen LogP contribution in [0.15, 0.2) is 24.4 Å². The van der Waals surface area contributed by atoms with Gasteiger partial charge in [0.15, 0.2) is 6.10 Å². The number of aromatic nitrogens is 1. The Morgan fingerprint density at radius 2 is 2.29 bits per heavy atom. The van der Waals surface area contributed by atoms with Gasteiger partial charge in [-0.25, -0.2) is 0 Å². The van der Waals surface area contributed by atoms with Crippen LogP contribution in [0.25, 0.3) is 0 Å². The third kappa shape index (κ3) is 2.31. The van der Waals surface area contributed by atoms with Crippen LogP contribution < -0.4 is 5.32 Å². The predicted molar refractivity (Wildman–Crippen MR) is 62.2 cm³/mol. The topological polar surface area (TPSA) is 54.5 Å². The summed E-state index contributed by atoms with van der Waals surface area (Å²) >= 11 is 0. The summed E-state index contributed by atoms with van der Waals surface area (Å²) in [5.41, 5.74) is 0.964. The molecule has 0 aromatic carbocycles. The molecule has 0 bridgehead atoms. The number of carbonyl (C=O) groups excluding carboxylic acids is 1. The second-order valence-electron chi connectivity index (χ2n) is 4.75. The average molecular weight is 232 g/mol. The normalized spacial score (nSPS) is 24.8. The van der Waals surface area contributed by atoms with Gasteiger partial charge in [0.25, 0.3) is 5.91 Å². The summed E-state index contributed by atoms with van der Waals surface area (Å²) in [6.45, 7) is 0.561. The van der Waals surface area contributed by atoms with Crippen molar-refractivity contribution in [2.75, 3.05) is 6.61 Å². The fraction of sp³-hybridized carbons (Fsp3) is 0.538. The van der Waals surface area contributed by atoms with Gasteiger partial charge < -0.3 is 10.1 Å². The Hall–Kier alpha value is -1.42. The minimum atomic E-state index is -0.221. The lowest BCUT2D eigenvalue weighted by Crippen LogP contribution is -2.38. The van der Waals surface area contributed by atoms with Gasteiger partial charge in [-0.15, -0.1) is 0 Å². The maximum atomic E-state index is 11.8. The van der Waals surface area contributed by atoms with Crippen LogP contribution in [0, 0.1) is 5.92 Å². The molecule has 1 aliphatic carbocycles. The van der Waals surface area contributed by atoms with Crippen LogP contribution in [0.3, 0.4) is 0 Å². The number of hydrogen-bond donors (Lipinski definition) is 1. The van der Waals surface area contributed by atoms with Crippen molar-refractivity contribution >= 4 is 5.91 Å². The highest BCUT2D eigenvalue weighted by molar-refractivity contribution is 5.83. The van der Waals surface area contributed by atoms with Gasteiger partial charge in [0, 0.05) is 6.20 Å². The zero-order valence-electron chi connectivity index (χ0n) is 9.63. The van der Waals surface area contributed by atoms with Gasteiger partial charge >= 0.3 is 0 Å². The smallest absolute Gasteiger partial charge is 0.252 e. The van der Waals surface area contributed by atoms with Gasteiger partial charge in [0.05, 0.1) is 18.3 Å². The number of epoxide rings is 1. The van der Waals surface area contributed by atoms with Crippen molar-refractivity contribution < 1.29 is 9.53 Å². The van der Waals surface area contributed by atoms with Crippen LogP contribution in [0.5, 0.6) is 0 Å². The molecule has 1 aliphatic heterocycles. The van der Waals surface area contributed by atoms with E-state index in [1.54, 1.807) is 6.20 Å². The Labute approximate surface area is 100 Å². The van der Waals surface area contributed by atoms with Gasteiger partial charge in [-0.05, 0) is 30.9 Å². The molecule has 4 heteroatoms. The Kier molecular flexibility index (Phi) is 2.81. The SMILES string of the molecule is O=C(NC(c1ccccn1)C1CCC1)C1CO1. The summed E-state index contributed by atoms with van der Waals surface area (Å²) < 4.78 is 5.01. The summed E-state index contributed by atoms with van der Waals surface area (Å²) in [5.74, 6) is 0.542. The number of nitrogens with one attached hydrogen (secondary N) is 1. The maximum Gasteiger partial charge on any atom is 0.252 e.